The molecule has 0 heterocycles. The number of rotatable bonds is 15. The smallest absolute Gasteiger partial charge is 0.264 e. The van der Waals surface area contributed by atoms with Gasteiger partial charge in [-0.25, -0.2) is 8.42 Å². The van der Waals surface area contributed by atoms with Gasteiger partial charge in [0.1, 0.15) is 24.1 Å². The summed E-state index contributed by atoms with van der Waals surface area (Å²) in [5.74, 6) is 0.370. The maximum Gasteiger partial charge on any atom is 0.264 e. The number of sulfonamides is 1. The minimum Gasteiger partial charge on any atom is -0.457 e. The van der Waals surface area contributed by atoms with Gasteiger partial charge in [0.25, 0.3) is 10.0 Å². The van der Waals surface area contributed by atoms with Gasteiger partial charge < -0.3 is 15.0 Å². The minimum absolute atomic E-state index is 0.0191. The number of amides is 2. The van der Waals surface area contributed by atoms with Gasteiger partial charge in [-0.3, -0.25) is 13.9 Å². The molecule has 0 aliphatic heterocycles. The summed E-state index contributed by atoms with van der Waals surface area (Å²) >= 11 is 6.59. The number of para-hydroxylation sites is 1. The molecule has 0 saturated heterocycles. The van der Waals surface area contributed by atoms with Gasteiger partial charge in [-0.15, -0.1) is 0 Å². The van der Waals surface area contributed by atoms with Gasteiger partial charge in [0.15, 0.2) is 0 Å². The van der Waals surface area contributed by atoms with Gasteiger partial charge >= 0.3 is 0 Å². The van der Waals surface area contributed by atoms with E-state index in [1.165, 1.54) is 17.0 Å². The third-order valence-electron chi connectivity index (χ3n) is 7.97. The summed E-state index contributed by atoms with van der Waals surface area (Å²) in [5.41, 5.74) is 1.72. The second kappa shape index (κ2) is 17.0. The molecule has 2 amide bonds. The van der Waals surface area contributed by atoms with Crippen LogP contribution in [0.15, 0.2) is 144 Å². The van der Waals surface area contributed by atoms with E-state index in [0.717, 1.165) is 9.87 Å². The van der Waals surface area contributed by atoms with Crippen LogP contribution in [0.2, 0.25) is 5.02 Å². The zero-order valence-corrected chi connectivity index (χ0v) is 29.6. The first-order valence-corrected chi connectivity index (χ1v) is 18.2. The summed E-state index contributed by atoms with van der Waals surface area (Å²) in [6, 6.07) is 39.2. The SMILES string of the molecule is CC(C)CNC(=O)C(Cc1ccccc1)N(Cc1ccccc1Cl)C(=O)CN(c1ccc(Oc2ccccc2)cc1)S(=O)(=O)c1ccccc1. The molecule has 10 heteroatoms. The lowest BCUT2D eigenvalue weighted by Gasteiger charge is -2.34. The van der Waals surface area contributed by atoms with Gasteiger partial charge in [-0.2, -0.15) is 0 Å². The predicted octanol–water partition coefficient (Wildman–Crippen LogP) is 7.74. The Kier molecular flexibility index (Phi) is 12.3. The summed E-state index contributed by atoms with van der Waals surface area (Å²) in [6.07, 6.45) is 0.206. The van der Waals surface area contributed by atoms with Crippen LogP contribution >= 0.6 is 11.6 Å². The maximum atomic E-state index is 14.7. The normalized spacial score (nSPS) is 11.8. The molecule has 5 rings (SSSR count). The van der Waals surface area contributed by atoms with Crippen molar-refractivity contribution in [1.82, 2.24) is 10.2 Å². The lowest BCUT2D eigenvalue weighted by Crippen LogP contribution is -2.53. The fourth-order valence-electron chi connectivity index (χ4n) is 5.34. The minimum atomic E-state index is -4.24. The predicted molar refractivity (Wildman–Crippen MR) is 198 cm³/mol. The molecule has 1 unspecified atom stereocenters. The molecule has 1 N–H and O–H groups in total. The van der Waals surface area contributed by atoms with Crippen LogP contribution in [0.3, 0.4) is 0 Å². The van der Waals surface area contributed by atoms with E-state index in [0.29, 0.717) is 28.6 Å². The van der Waals surface area contributed by atoms with Gasteiger partial charge in [0.2, 0.25) is 11.8 Å². The third-order valence-corrected chi connectivity index (χ3v) is 10.1. The number of carbonyl (C=O) groups is 2. The number of nitrogens with one attached hydrogen (secondary N) is 1. The molecule has 8 nitrogen and oxygen atoms in total. The Morgan fingerprint density at radius 1 is 0.740 bits per heavy atom. The number of hydrogen-bond acceptors (Lipinski definition) is 5. The average Bonchev–Trinajstić information content (AvgIpc) is 3.13. The molecule has 5 aromatic carbocycles. The topological polar surface area (TPSA) is 96.0 Å². The van der Waals surface area contributed by atoms with Gasteiger partial charge in [0.05, 0.1) is 10.6 Å². The van der Waals surface area contributed by atoms with Crippen molar-refractivity contribution < 1.29 is 22.7 Å². The quantitative estimate of drug-likeness (QED) is 0.120. The number of nitrogens with zero attached hydrogens (tertiary/aromatic N) is 2. The molecule has 0 radical (unpaired) electrons. The summed E-state index contributed by atoms with van der Waals surface area (Å²) in [5, 5.41) is 3.42. The van der Waals surface area contributed by atoms with Crippen molar-refractivity contribution in [2.24, 2.45) is 5.92 Å². The van der Waals surface area contributed by atoms with Crippen molar-refractivity contribution in [1.29, 1.82) is 0 Å². The van der Waals surface area contributed by atoms with Crippen LogP contribution in [0.1, 0.15) is 25.0 Å². The summed E-state index contributed by atoms with van der Waals surface area (Å²) in [6.45, 7) is 3.78. The monoisotopic (exact) mass is 709 g/mol. The Balaban J connectivity index is 1.55. The van der Waals surface area contributed by atoms with Crippen LogP contribution in [0, 0.1) is 5.92 Å². The molecule has 5 aromatic rings. The number of benzene rings is 5. The molecule has 0 saturated carbocycles. The molecule has 0 bridgehead atoms. The highest BCUT2D eigenvalue weighted by Gasteiger charge is 2.35. The molecule has 0 aromatic heterocycles. The molecule has 0 aliphatic rings. The Morgan fingerprint density at radius 3 is 1.92 bits per heavy atom. The van der Waals surface area contributed by atoms with Gasteiger partial charge in [-0.05, 0) is 71.6 Å². The average molecular weight is 710 g/mol. The van der Waals surface area contributed by atoms with Crippen LogP contribution in [0.25, 0.3) is 0 Å². The number of carbonyl (C=O) groups excluding carboxylic acids is 2. The summed E-state index contributed by atoms with van der Waals surface area (Å²) < 4.78 is 35.6. The molecule has 0 fully saturated rings. The third kappa shape index (κ3) is 9.52. The van der Waals surface area contributed by atoms with E-state index in [4.69, 9.17) is 16.3 Å². The molecule has 1 atom stereocenters. The first-order chi connectivity index (χ1) is 24.1. The second-order valence-electron chi connectivity index (χ2n) is 12.2. The van der Waals surface area contributed by atoms with Gasteiger partial charge in [-0.1, -0.05) is 110 Å². The van der Waals surface area contributed by atoms with Crippen molar-refractivity contribution in [3.05, 3.63) is 156 Å². The van der Waals surface area contributed by atoms with E-state index < -0.39 is 28.5 Å². The highest BCUT2D eigenvalue weighted by molar-refractivity contribution is 7.92. The highest BCUT2D eigenvalue weighted by atomic mass is 35.5. The fourth-order valence-corrected chi connectivity index (χ4v) is 6.97. The largest absolute Gasteiger partial charge is 0.457 e. The Labute approximate surface area is 299 Å². The second-order valence-corrected chi connectivity index (χ2v) is 14.5. The van der Waals surface area contributed by atoms with Crippen LogP contribution in [-0.2, 0) is 32.6 Å². The van der Waals surface area contributed by atoms with Crippen LogP contribution in [-0.4, -0.2) is 44.3 Å². The Morgan fingerprint density at radius 2 is 1.30 bits per heavy atom. The number of anilines is 1. The molecule has 0 spiro atoms. The standard InChI is InChI=1S/C40H40ClN3O5S/c1-30(2)27-42-40(46)38(26-31-14-6-3-7-15-31)43(28-32-16-12-13-21-37(32)41)39(45)29-44(50(47,48)36-19-10-5-11-20-36)33-22-24-35(25-23-33)49-34-17-8-4-9-18-34/h3-25,30,38H,26-29H2,1-2H3,(H,42,46). The van der Waals surface area contributed by atoms with Crippen LogP contribution in [0.4, 0.5) is 5.69 Å². The Hall–Kier alpha value is -5.12. The molecular formula is C40H40ClN3O5S. The number of ether oxygens (including phenoxy) is 1. The summed E-state index contributed by atoms with van der Waals surface area (Å²) in [4.78, 5) is 30.1. The summed E-state index contributed by atoms with van der Waals surface area (Å²) in [7, 11) is -4.24. The van der Waals surface area contributed by atoms with E-state index in [-0.39, 0.29) is 35.4 Å². The number of hydrogen-bond donors (Lipinski definition) is 1. The maximum absolute atomic E-state index is 14.7. The van der Waals surface area contributed by atoms with E-state index in [2.05, 4.69) is 5.32 Å². The lowest BCUT2D eigenvalue weighted by atomic mass is 10.0. The van der Waals surface area contributed by atoms with Crippen LogP contribution < -0.4 is 14.4 Å². The Bertz CT molecular complexity index is 1960. The van der Waals surface area contributed by atoms with E-state index in [1.807, 2.05) is 74.5 Å². The fraction of sp³-hybridized carbons (Fsp3) is 0.200. The van der Waals surface area contributed by atoms with Crippen LogP contribution in [0.5, 0.6) is 11.5 Å². The molecule has 0 aliphatic carbocycles. The highest BCUT2D eigenvalue weighted by Crippen LogP contribution is 2.29. The first kappa shape index (κ1) is 36.2. The molecule has 50 heavy (non-hydrogen) atoms. The van der Waals surface area contributed by atoms with E-state index in [1.54, 1.807) is 66.7 Å². The zero-order valence-electron chi connectivity index (χ0n) is 28.0. The lowest BCUT2D eigenvalue weighted by molar-refractivity contribution is -0.140. The van der Waals surface area contributed by atoms with Gasteiger partial charge in [0, 0.05) is 24.5 Å². The molecular weight excluding hydrogens is 670 g/mol. The van der Waals surface area contributed by atoms with Crippen molar-refractivity contribution in [2.45, 2.75) is 37.8 Å². The van der Waals surface area contributed by atoms with Crippen molar-refractivity contribution in [2.75, 3.05) is 17.4 Å². The number of halogens is 1. The van der Waals surface area contributed by atoms with Crippen molar-refractivity contribution in [3.8, 4) is 11.5 Å². The molecule has 258 valence electrons. The van der Waals surface area contributed by atoms with Crippen molar-refractivity contribution >= 4 is 39.1 Å². The van der Waals surface area contributed by atoms with E-state index in [9.17, 15) is 18.0 Å². The van der Waals surface area contributed by atoms with E-state index >= 15 is 0 Å². The first-order valence-electron chi connectivity index (χ1n) is 16.4. The zero-order chi connectivity index (χ0) is 35.5. The van der Waals surface area contributed by atoms with Crippen molar-refractivity contribution in [3.63, 3.8) is 0 Å².